The van der Waals surface area contributed by atoms with Gasteiger partial charge in [-0.25, -0.2) is 4.98 Å². The summed E-state index contributed by atoms with van der Waals surface area (Å²) in [7, 11) is 0. The number of amides is 1. The fourth-order valence-corrected chi connectivity index (χ4v) is 6.71. The zero-order valence-corrected chi connectivity index (χ0v) is 16.2. The summed E-state index contributed by atoms with van der Waals surface area (Å²) >= 11 is 7.64. The van der Waals surface area contributed by atoms with Crippen LogP contribution in [-0.4, -0.2) is 16.9 Å². The van der Waals surface area contributed by atoms with Gasteiger partial charge in [-0.1, -0.05) is 23.7 Å². The summed E-state index contributed by atoms with van der Waals surface area (Å²) in [5.74, 6) is 3.43. The molecule has 6 rings (SSSR count). The highest BCUT2D eigenvalue weighted by atomic mass is 35.5. The van der Waals surface area contributed by atoms with E-state index in [4.69, 9.17) is 11.6 Å². The number of nitrogens with zero attached hydrogens (tertiary/aromatic N) is 1. The van der Waals surface area contributed by atoms with Crippen molar-refractivity contribution in [2.24, 2.45) is 23.7 Å². The summed E-state index contributed by atoms with van der Waals surface area (Å²) in [5.41, 5.74) is 1.86. The summed E-state index contributed by atoms with van der Waals surface area (Å²) in [6.07, 6.45) is 7.13. The molecule has 1 aromatic heterocycles. The smallest absolute Gasteiger partial charge is 0.226 e. The van der Waals surface area contributed by atoms with Crippen LogP contribution in [0, 0.1) is 23.7 Å². The van der Waals surface area contributed by atoms with Crippen LogP contribution in [0.15, 0.2) is 29.6 Å². The average Bonchev–Trinajstić information content (AvgIpc) is 3.06. The van der Waals surface area contributed by atoms with E-state index in [2.05, 4.69) is 10.3 Å². The van der Waals surface area contributed by atoms with Crippen molar-refractivity contribution in [3.63, 3.8) is 0 Å². The lowest BCUT2D eigenvalue weighted by Gasteiger charge is -2.54. The number of benzene rings is 1. The molecule has 5 heteroatoms. The van der Waals surface area contributed by atoms with Crippen molar-refractivity contribution < 1.29 is 4.79 Å². The molecule has 1 aromatic carbocycles. The van der Waals surface area contributed by atoms with Crippen molar-refractivity contribution in [2.75, 3.05) is 0 Å². The quantitative estimate of drug-likeness (QED) is 0.807. The van der Waals surface area contributed by atoms with E-state index >= 15 is 0 Å². The number of aromatic nitrogens is 1. The Morgan fingerprint density at radius 1 is 1.15 bits per heavy atom. The van der Waals surface area contributed by atoms with Gasteiger partial charge in [-0.15, -0.1) is 11.3 Å². The highest BCUT2D eigenvalue weighted by Gasteiger charge is 2.48. The third kappa shape index (κ3) is 3.18. The highest BCUT2D eigenvalue weighted by Crippen LogP contribution is 2.53. The minimum absolute atomic E-state index is 0.130. The summed E-state index contributed by atoms with van der Waals surface area (Å²) in [6, 6.07) is 8.11. The number of carbonyl (C=O) groups excluding carboxylic acids is 1. The summed E-state index contributed by atoms with van der Waals surface area (Å²) in [6.45, 7) is 0. The Balaban J connectivity index is 1.24. The maximum absolute atomic E-state index is 12.6. The molecule has 0 atom stereocenters. The van der Waals surface area contributed by atoms with E-state index in [1.165, 1.54) is 32.1 Å². The Labute approximate surface area is 163 Å². The number of halogens is 1. The molecule has 0 spiro atoms. The Bertz CT molecular complexity index is 805. The number of hydrogen-bond acceptors (Lipinski definition) is 3. The molecular formula is C21H23ClN2OS. The van der Waals surface area contributed by atoms with Crippen LogP contribution in [0.5, 0.6) is 0 Å². The van der Waals surface area contributed by atoms with Crippen molar-refractivity contribution >= 4 is 28.8 Å². The topological polar surface area (TPSA) is 42.0 Å². The van der Waals surface area contributed by atoms with Crippen molar-refractivity contribution in [3.8, 4) is 10.6 Å². The lowest BCUT2D eigenvalue weighted by molar-refractivity contribution is -0.124. The molecule has 26 heavy (non-hydrogen) atoms. The molecule has 4 saturated carbocycles. The van der Waals surface area contributed by atoms with Crippen LogP contribution >= 0.6 is 22.9 Å². The van der Waals surface area contributed by atoms with Crippen LogP contribution in [0.3, 0.4) is 0 Å². The molecule has 4 bridgehead atoms. The van der Waals surface area contributed by atoms with Crippen LogP contribution in [0.4, 0.5) is 0 Å². The van der Waals surface area contributed by atoms with E-state index in [-0.39, 0.29) is 5.91 Å². The average molecular weight is 387 g/mol. The van der Waals surface area contributed by atoms with Crippen LogP contribution in [0.2, 0.25) is 5.02 Å². The number of rotatable bonds is 4. The Morgan fingerprint density at radius 3 is 2.58 bits per heavy atom. The normalized spacial score (nSPS) is 32.0. The van der Waals surface area contributed by atoms with Gasteiger partial charge in [-0.05, 0) is 67.9 Å². The monoisotopic (exact) mass is 386 g/mol. The summed E-state index contributed by atoms with van der Waals surface area (Å²) in [4.78, 5) is 17.3. The Kier molecular flexibility index (Phi) is 4.29. The van der Waals surface area contributed by atoms with E-state index in [9.17, 15) is 4.79 Å². The number of nitrogens with one attached hydrogen (secondary N) is 1. The molecule has 4 fully saturated rings. The van der Waals surface area contributed by atoms with E-state index in [1.54, 1.807) is 11.3 Å². The van der Waals surface area contributed by atoms with Gasteiger partial charge in [0.1, 0.15) is 5.01 Å². The first kappa shape index (κ1) is 16.8. The second-order valence-corrected chi connectivity index (χ2v) is 9.65. The largest absolute Gasteiger partial charge is 0.352 e. The standard InChI is InChI=1S/C21H23ClN2OS/c22-17-3-1-2-14(9-17)21-23-18(11-26-21)10-19(25)24-20-15-5-12-4-13(7-15)8-16(20)6-12/h1-3,9,11-13,15-16,20H,4-8,10H2,(H,24,25). The molecular weight excluding hydrogens is 364 g/mol. The van der Waals surface area contributed by atoms with Gasteiger partial charge in [0, 0.05) is 22.0 Å². The minimum Gasteiger partial charge on any atom is -0.352 e. The third-order valence-corrected chi connectivity index (χ3v) is 7.69. The number of carbonyl (C=O) groups is 1. The predicted molar refractivity (Wildman–Crippen MR) is 105 cm³/mol. The van der Waals surface area contributed by atoms with Crippen LogP contribution in [-0.2, 0) is 11.2 Å². The summed E-state index contributed by atoms with van der Waals surface area (Å²) in [5, 5.41) is 6.99. The van der Waals surface area contributed by atoms with Crippen LogP contribution in [0.25, 0.3) is 10.6 Å². The van der Waals surface area contributed by atoms with Crippen molar-refractivity contribution in [2.45, 2.75) is 44.6 Å². The van der Waals surface area contributed by atoms with Gasteiger partial charge < -0.3 is 5.32 Å². The zero-order valence-electron chi connectivity index (χ0n) is 14.7. The second-order valence-electron chi connectivity index (χ2n) is 8.36. The Morgan fingerprint density at radius 2 is 1.88 bits per heavy atom. The van der Waals surface area contributed by atoms with Gasteiger partial charge in [0.05, 0.1) is 12.1 Å². The van der Waals surface area contributed by atoms with Gasteiger partial charge >= 0.3 is 0 Å². The molecule has 0 saturated heterocycles. The van der Waals surface area contributed by atoms with E-state index < -0.39 is 0 Å². The lowest BCUT2D eigenvalue weighted by atomic mass is 9.54. The minimum atomic E-state index is 0.130. The molecule has 0 radical (unpaired) electrons. The fourth-order valence-electron chi connectivity index (χ4n) is 5.70. The van der Waals surface area contributed by atoms with Gasteiger partial charge in [0.15, 0.2) is 0 Å². The zero-order chi connectivity index (χ0) is 17.7. The fraction of sp³-hybridized carbons (Fsp3) is 0.524. The predicted octanol–water partition coefficient (Wildman–Crippen LogP) is 4.95. The lowest BCUT2D eigenvalue weighted by Crippen LogP contribution is -2.56. The molecule has 2 aromatic rings. The maximum atomic E-state index is 12.6. The second kappa shape index (κ2) is 6.65. The molecule has 136 valence electrons. The highest BCUT2D eigenvalue weighted by molar-refractivity contribution is 7.13. The molecule has 0 unspecified atom stereocenters. The number of hydrogen-bond donors (Lipinski definition) is 1. The number of thiazole rings is 1. The van der Waals surface area contributed by atoms with Gasteiger partial charge in [0.25, 0.3) is 0 Å². The molecule has 4 aliphatic carbocycles. The van der Waals surface area contributed by atoms with Crippen molar-refractivity contribution in [1.82, 2.24) is 10.3 Å². The van der Waals surface area contributed by atoms with E-state index in [1.807, 2.05) is 29.6 Å². The third-order valence-electron chi connectivity index (χ3n) is 6.52. The first-order chi connectivity index (χ1) is 12.6. The summed E-state index contributed by atoms with van der Waals surface area (Å²) < 4.78 is 0. The maximum Gasteiger partial charge on any atom is 0.226 e. The first-order valence-corrected chi connectivity index (χ1v) is 10.9. The van der Waals surface area contributed by atoms with Crippen LogP contribution < -0.4 is 5.32 Å². The van der Waals surface area contributed by atoms with Crippen molar-refractivity contribution in [1.29, 1.82) is 0 Å². The van der Waals surface area contributed by atoms with E-state index in [0.717, 1.165) is 28.1 Å². The van der Waals surface area contributed by atoms with Gasteiger partial charge in [0.2, 0.25) is 5.91 Å². The van der Waals surface area contributed by atoms with Crippen molar-refractivity contribution in [3.05, 3.63) is 40.4 Å². The molecule has 1 N–H and O–H groups in total. The molecule has 3 nitrogen and oxygen atoms in total. The molecule has 1 amide bonds. The molecule has 1 heterocycles. The first-order valence-electron chi connectivity index (χ1n) is 9.64. The molecule has 0 aliphatic heterocycles. The van der Waals surface area contributed by atoms with Gasteiger partial charge in [-0.2, -0.15) is 0 Å². The van der Waals surface area contributed by atoms with Gasteiger partial charge in [-0.3, -0.25) is 4.79 Å². The SMILES string of the molecule is O=C(Cc1csc(-c2cccc(Cl)c2)n1)NC1C2CC3CC(C2)CC1C3. The Hall–Kier alpha value is -1.39. The van der Waals surface area contributed by atoms with Crippen LogP contribution in [0.1, 0.15) is 37.8 Å². The molecule has 4 aliphatic rings. The van der Waals surface area contributed by atoms with E-state index in [0.29, 0.717) is 29.3 Å².